The Hall–Kier alpha value is -3.80. The van der Waals surface area contributed by atoms with E-state index in [-0.39, 0.29) is 18.4 Å². The molecule has 0 fully saturated rings. The first-order chi connectivity index (χ1) is 13.2. The predicted molar refractivity (Wildman–Crippen MR) is 103 cm³/mol. The van der Waals surface area contributed by atoms with E-state index in [1.165, 1.54) is 6.20 Å². The van der Waals surface area contributed by atoms with Gasteiger partial charge in [0, 0.05) is 18.0 Å². The van der Waals surface area contributed by atoms with Gasteiger partial charge in [-0.2, -0.15) is 5.10 Å². The fourth-order valence-corrected chi connectivity index (χ4v) is 2.37. The van der Waals surface area contributed by atoms with E-state index in [0.717, 1.165) is 5.56 Å². The number of carbonyl (C=O) groups is 2. The van der Waals surface area contributed by atoms with Crippen LogP contribution in [0.3, 0.4) is 0 Å². The number of nitrogens with zero attached hydrogens (tertiary/aromatic N) is 2. The Balaban J connectivity index is 1.73. The molecule has 0 spiro atoms. The molecular formula is C21H18N4O2. The molecule has 0 aliphatic carbocycles. The number of pyridine rings is 1. The van der Waals surface area contributed by atoms with Crippen LogP contribution in [0.15, 0.2) is 90.3 Å². The number of hydrazone groups is 1. The van der Waals surface area contributed by atoms with Crippen LogP contribution < -0.4 is 10.7 Å². The zero-order valence-electron chi connectivity index (χ0n) is 14.5. The van der Waals surface area contributed by atoms with Crippen LogP contribution in [0.2, 0.25) is 0 Å². The molecule has 2 amide bonds. The highest BCUT2D eigenvalue weighted by Gasteiger charge is 2.10. The van der Waals surface area contributed by atoms with Crippen molar-refractivity contribution in [3.8, 4) is 0 Å². The summed E-state index contributed by atoms with van der Waals surface area (Å²) in [6, 6.07) is 21.6. The molecule has 0 atom stereocenters. The molecular weight excluding hydrogens is 340 g/mol. The molecule has 6 nitrogen and oxygen atoms in total. The number of hydrogen-bond donors (Lipinski definition) is 2. The highest BCUT2D eigenvalue weighted by molar-refractivity contribution is 6.06. The molecule has 0 aliphatic heterocycles. The summed E-state index contributed by atoms with van der Waals surface area (Å²) < 4.78 is 0. The van der Waals surface area contributed by atoms with Gasteiger partial charge in [-0.25, -0.2) is 5.43 Å². The van der Waals surface area contributed by atoms with Crippen molar-refractivity contribution in [3.05, 3.63) is 102 Å². The molecule has 6 heteroatoms. The van der Waals surface area contributed by atoms with Gasteiger partial charge in [0.25, 0.3) is 11.8 Å². The number of aromatic nitrogens is 1. The van der Waals surface area contributed by atoms with Gasteiger partial charge < -0.3 is 5.32 Å². The fourth-order valence-electron chi connectivity index (χ4n) is 2.37. The standard InChI is InChI=1S/C21H18N4O2/c26-20(17-10-5-2-6-11-17)23-15-19(16-8-3-1-4-9-16)24-25-21(27)18-12-7-13-22-14-18/h1-14H,15H2,(H,23,26)(H,25,27). The summed E-state index contributed by atoms with van der Waals surface area (Å²) in [6.07, 6.45) is 3.05. The van der Waals surface area contributed by atoms with Gasteiger partial charge >= 0.3 is 0 Å². The van der Waals surface area contributed by atoms with Crippen molar-refractivity contribution in [1.82, 2.24) is 15.7 Å². The van der Waals surface area contributed by atoms with E-state index < -0.39 is 0 Å². The Labute approximate surface area is 157 Å². The second-order valence-electron chi connectivity index (χ2n) is 5.66. The number of benzene rings is 2. The molecule has 0 saturated carbocycles. The van der Waals surface area contributed by atoms with Crippen LogP contribution in [0, 0.1) is 0 Å². The molecule has 3 aromatic rings. The quantitative estimate of drug-likeness (QED) is 0.525. The maximum atomic E-state index is 12.3. The van der Waals surface area contributed by atoms with Gasteiger partial charge in [-0.3, -0.25) is 14.6 Å². The molecule has 0 unspecified atom stereocenters. The number of nitrogens with one attached hydrogen (secondary N) is 2. The molecule has 0 radical (unpaired) electrons. The first kappa shape index (κ1) is 18.0. The van der Waals surface area contributed by atoms with E-state index in [4.69, 9.17) is 0 Å². The highest BCUT2D eigenvalue weighted by Crippen LogP contribution is 2.03. The highest BCUT2D eigenvalue weighted by atomic mass is 16.2. The smallest absolute Gasteiger partial charge is 0.272 e. The third-order valence-electron chi connectivity index (χ3n) is 3.78. The largest absolute Gasteiger partial charge is 0.346 e. The van der Waals surface area contributed by atoms with Crippen LogP contribution in [0.1, 0.15) is 26.3 Å². The van der Waals surface area contributed by atoms with Crippen LogP contribution in [-0.2, 0) is 0 Å². The SMILES string of the molecule is O=C(NCC(=NNC(=O)c1cccnc1)c1ccccc1)c1ccccc1. The minimum atomic E-state index is -0.370. The molecule has 0 aliphatic rings. The number of hydrogen-bond acceptors (Lipinski definition) is 4. The van der Waals surface area contributed by atoms with Gasteiger partial charge in [0.1, 0.15) is 0 Å². The van der Waals surface area contributed by atoms with Crippen molar-refractivity contribution in [2.45, 2.75) is 0 Å². The van der Waals surface area contributed by atoms with Crippen LogP contribution >= 0.6 is 0 Å². The van der Waals surface area contributed by atoms with E-state index in [9.17, 15) is 9.59 Å². The topological polar surface area (TPSA) is 83.5 Å². The predicted octanol–water partition coefficient (Wildman–Crippen LogP) is 2.65. The van der Waals surface area contributed by atoms with Gasteiger partial charge in [-0.1, -0.05) is 48.5 Å². The first-order valence-corrected chi connectivity index (χ1v) is 8.39. The number of rotatable bonds is 6. The molecule has 134 valence electrons. The van der Waals surface area contributed by atoms with Crippen LogP contribution in [0.4, 0.5) is 0 Å². The maximum Gasteiger partial charge on any atom is 0.272 e. The van der Waals surface area contributed by atoms with Gasteiger partial charge in [-0.15, -0.1) is 0 Å². The van der Waals surface area contributed by atoms with Crippen molar-refractivity contribution in [3.63, 3.8) is 0 Å². The van der Waals surface area contributed by atoms with Crippen LogP contribution in [0.25, 0.3) is 0 Å². The van der Waals surface area contributed by atoms with Gasteiger partial charge in [0.05, 0.1) is 17.8 Å². The Bertz CT molecular complexity index is 926. The lowest BCUT2D eigenvalue weighted by molar-refractivity contribution is 0.0951. The Kier molecular flexibility index (Phi) is 6.04. The molecule has 1 aromatic heterocycles. The van der Waals surface area contributed by atoms with E-state index in [2.05, 4.69) is 20.8 Å². The minimum Gasteiger partial charge on any atom is -0.346 e. The second-order valence-corrected chi connectivity index (χ2v) is 5.66. The zero-order chi connectivity index (χ0) is 18.9. The first-order valence-electron chi connectivity index (χ1n) is 8.39. The Morgan fingerprint density at radius 3 is 2.04 bits per heavy atom. The number of amides is 2. The van der Waals surface area contributed by atoms with Gasteiger partial charge in [-0.05, 0) is 29.8 Å². The van der Waals surface area contributed by atoms with Crippen molar-refractivity contribution >= 4 is 17.5 Å². The lowest BCUT2D eigenvalue weighted by atomic mass is 10.1. The summed E-state index contributed by atoms with van der Waals surface area (Å²) in [7, 11) is 0. The van der Waals surface area contributed by atoms with Gasteiger partial charge in [0.2, 0.25) is 0 Å². The van der Waals surface area contributed by atoms with Crippen molar-refractivity contribution in [2.24, 2.45) is 5.10 Å². The third-order valence-corrected chi connectivity index (χ3v) is 3.78. The van der Waals surface area contributed by atoms with E-state index in [0.29, 0.717) is 16.8 Å². The summed E-state index contributed by atoms with van der Waals surface area (Å²) in [5, 5.41) is 7.04. The lowest BCUT2D eigenvalue weighted by Crippen LogP contribution is -2.32. The molecule has 2 N–H and O–H groups in total. The third kappa shape index (κ3) is 5.09. The summed E-state index contributed by atoms with van der Waals surface area (Å²) in [5.41, 5.74) is 4.83. The summed E-state index contributed by atoms with van der Waals surface area (Å²) in [6.45, 7) is 0.172. The van der Waals surface area contributed by atoms with Gasteiger partial charge in [0.15, 0.2) is 0 Å². The second kappa shape index (κ2) is 9.05. The summed E-state index contributed by atoms with van der Waals surface area (Å²) >= 11 is 0. The lowest BCUT2D eigenvalue weighted by Gasteiger charge is -2.09. The average molecular weight is 358 g/mol. The monoisotopic (exact) mass is 358 g/mol. The van der Waals surface area contributed by atoms with E-state index in [1.807, 2.05) is 36.4 Å². The van der Waals surface area contributed by atoms with E-state index in [1.54, 1.807) is 42.6 Å². The van der Waals surface area contributed by atoms with Crippen molar-refractivity contribution < 1.29 is 9.59 Å². The summed E-state index contributed by atoms with van der Waals surface area (Å²) in [4.78, 5) is 28.4. The van der Waals surface area contributed by atoms with Crippen molar-refractivity contribution in [1.29, 1.82) is 0 Å². The van der Waals surface area contributed by atoms with Crippen LogP contribution in [-0.4, -0.2) is 29.1 Å². The molecule has 3 rings (SSSR count). The Morgan fingerprint density at radius 2 is 1.41 bits per heavy atom. The minimum absolute atomic E-state index is 0.172. The Morgan fingerprint density at radius 1 is 0.778 bits per heavy atom. The maximum absolute atomic E-state index is 12.3. The normalized spacial score (nSPS) is 10.9. The molecule has 0 saturated heterocycles. The van der Waals surface area contributed by atoms with Crippen LogP contribution in [0.5, 0.6) is 0 Å². The summed E-state index contributed by atoms with van der Waals surface area (Å²) in [5.74, 6) is -0.580. The molecule has 0 bridgehead atoms. The molecule has 2 aromatic carbocycles. The van der Waals surface area contributed by atoms with Crippen molar-refractivity contribution in [2.75, 3.05) is 6.54 Å². The average Bonchev–Trinajstić information content (AvgIpc) is 2.75. The van der Waals surface area contributed by atoms with E-state index >= 15 is 0 Å². The molecule has 1 heterocycles. The zero-order valence-corrected chi connectivity index (χ0v) is 14.5. The fraction of sp³-hybridized carbons (Fsp3) is 0.0476. The molecule has 27 heavy (non-hydrogen) atoms. The number of carbonyl (C=O) groups excluding carboxylic acids is 2.